The van der Waals surface area contributed by atoms with E-state index in [1.54, 1.807) is 41.6 Å². The van der Waals surface area contributed by atoms with Crippen molar-refractivity contribution in [3.8, 4) is 0 Å². The van der Waals surface area contributed by atoms with Gasteiger partial charge in [-0.05, 0) is 120 Å². The summed E-state index contributed by atoms with van der Waals surface area (Å²) in [6.45, 7) is 6.79. The third-order valence-corrected chi connectivity index (χ3v) is 17.6. The lowest BCUT2D eigenvalue weighted by Crippen LogP contribution is -2.58. The summed E-state index contributed by atoms with van der Waals surface area (Å²) in [5.74, 6) is -1.46. The largest absolute Gasteiger partial charge is 0.395 e. The number of hydrogen-bond acceptors (Lipinski definition) is 14. The molecule has 6 heterocycles. The van der Waals surface area contributed by atoms with Gasteiger partial charge in [-0.1, -0.05) is 141 Å². The minimum atomic E-state index is -0.702. The molecule has 5 aromatic rings. The molecular weight excluding hydrogens is 1120 g/mol. The summed E-state index contributed by atoms with van der Waals surface area (Å²) in [5, 5.41) is 53.4. The third-order valence-electron chi connectivity index (χ3n) is 17.6. The van der Waals surface area contributed by atoms with E-state index in [9.17, 15) is 28.8 Å². The molecule has 88 heavy (non-hydrogen) atoms. The molecule has 0 saturated carbocycles. The Kier molecular flexibility index (Phi) is 25.6. The van der Waals surface area contributed by atoms with Crippen molar-refractivity contribution >= 4 is 35.4 Å². The van der Waals surface area contributed by atoms with E-state index in [1.165, 1.54) is 30.4 Å². The van der Waals surface area contributed by atoms with Crippen LogP contribution in [0.4, 0.5) is 0 Å². The van der Waals surface area contributed by atoms with Crippen molar-refractivity contribution in [1.82, 2.24) is 71.7 Å². The average Bonchev–Trinajstić information content (AvgIpc) is 3.63. The number of amides is 6. The molecular formula is C66H94N14O8. The minimum absolute atomic E-state index is 0.0282. The maximum atomic E-state index is 14.1. The summed E-state index contributed by atoms with van der Waals surface area (Å²) in [5.41, 5.74) is 5.79. The summed E-state index contributed by atoms with van der Waals surface area (Å²) in [4.78, 5) is 84.6. The first-order valence-electron chi connectivity index (χ1n) is 32.2. The monoisotopic (exact) mass is 1210 g/mol. The molecule has 0 spiro atoms. The zero-order valence-corrected chi connectivity index (χ0v) is 51.9. The molecule has 9 rings (SSSR count). The van der Waals surface area contributed by atoms with E-state index in [-0.39, 0.29) is 73.8 Å². The Morgan fingerprint density at radius 3 is 1.44 bits per heavy atom. The van der Waals surface area contributed by atoms with E-state index < -0.39 is 48.3 Å². The maximum absolute atomic E-state index is 14.1. The lowest BCUT2D eigenvalue weighted by molar-refractivity contribution is -0.144. The van der Waals surface area contributed by atoms with Crippen LogP contribution < -0.4 is 31.9 Å². The Morgan fingerprint density at radius 2 is 1.00 bits per heavy atom. The molecule has 22 heteroatoms. The molecule has 4 aliphatic heterocycles. The molecule has 4 saturated heterocycles. The van der Waals surface area contributed by atoms with Gasteiger partial charge in [0.25, 0.3) is 0 Å². The molecule has 2 aromatic heterocycles. The van der Waals surface area contributed by atoms with Gasteiger partial charge in [0, 0.05) is 38.8 Å². The van der Waals surface area contributed by atoms with Crippen molar-refractivity contribution in [2.24, 2.45) is 7.05 Å². The van der Waals surface area contributed by atoms with Gasteiger partial charge in [-0.25, -0.2) is 0 Å². The Labute approximate surface area is 518 Å². The van der Waals surface area contributed by atoms with Crippen LogP contribution in [0.25, 0.3) is 0 Å². The van der Waals surface area contributed by atoms with Crippen LogP contribution in [0.2, 0.25) is 0 Å². The minimum Gasteiger partial charge on any atom is -0.395 e. The van der Waals surface area contributed by atoms with Gasteiger partial charge in [0.15, 0.2) is 0 Å². The summed E-state index contributed by atoms with van der Waals surface area (Å²) in [7, 11) is 1.77. The van der Waals surface area contributed by atoms with Crippen LogP contribution in [0.15, 0.2) is 97.3 Å². The van der Waals surface area contributed by atoms with Gasteiger partial charge < -0.3 is 51.9 Å². The fourth-order valence-electron chi connectivity index (χ4n) is 12.7. The van der Waals surface area contributed by atoms with E-state index in [4.69, 9.17) is 10.2 Å². The van der Waals surface area contributed by atoms with Gasteiger partial charge in [-0.3, -0.25) is 38.1 Å². The molecule has 8 N–H and O–H groups in total. The van der Waals surface area contributed by atoms with Gasteiger partial charge in [0.2, 0.25) is 35.4 Å². The van der Waals surface area contributed by atoms with Crippen molar-refractivity contribution in [2.75, 3.05) is 26.3 Å². The summed E-state index contributed by atoms with van der Waals surface area (Å²) in [6.07, 6.45) is 20.5. The first kappa shape index (κ1) is 66.6. The number of nitrogens with zero attached hydrogens (tertiary/aromatic N) is 8. The van der Waals surface area contributed by atoms with Crippen molar-refractivity contribution in [3.05, 3.63) is 131 Å². The van der Waals surface area contributed by atoms with Crippen LogP contribution in [0.5, 0.6) is 0 Å². The number of unbranched alkanes of at least 4 members (excludes halogenated alkanes) is 3. The second-order valence-corrected chi connectivity index (χ2v) is 24.1. The van der Waals surface area contributed by atoms with Crippen LogP contribution in [-0.2, 0) is 55.2 Å². The number of benzene rings is 3. The molecule has 3 aromatic carbocycles. The molecule has 6 amide bonds. The lowest BCUT2D eigenvalue weighted by Gasteiger charge is -2.36. The predicted molar refractivity (Wildman–Crippen MR) is 334 cm³/mol. The molecule has 10 atom stereocenters. The van der Waals surface area contributed by atoms with Crippen molar-refractivity contribution in [2.45, 2.75) is 210 Å². The molecule has 0 bridgehead atoms. The molecule has 22 nitrogen and oxygen atoms in total. The van der Waals surface area contributed by atoms with E-state index >= 15 is 0 Å². The van der Waals surface area contributed by atoms with Gasteiger partial charge >= 0.3 is 0 Å². The fourth-order valence-corrected chi connectivity index (χ4v) is 12.7. The molecule has 0 aliphatic carbocycles. The highest BCUT2D eigenvalue weighted by Crippen LogP contribution is 2.34. The quantitative estimate of drug-likeness (QED) is 0.0320. The zero-order valence-electron chi connectivity index (χ0n) is 51.9. The van der Waals surface area contributed by atoms with Gasteiger partial charge in [-0.2, -0.15) is 0 Å². The summed E-state index contributed by atoms with van der Waals surface area (Å²) < 4.78 is 3.44. The second kappa shape index (κ2) is 33.8. The Bertz CT molecular complexity index is 3000. The van der Waals surface area contributed by atoms with Gasteiger partial charge in [0.1, 0.15) is 35.6 Å². The number of fused-ring (bicyclic) bond motifs is 2. The standard InChI is InChI=1S/C40H57N7O4.C26H37N7O4/c1-3-4-6-13-30-19-21-31(22-20-30)14-11-12-26-46-28-35(44-45-46)37(32-15-7-5-8-16-32)43-39(50)36-24-23-33-17-9-10-18-34(40(51)47(33)36)42-38(49)29(2)41-25-27-48;1-17(27-14-15-34)24(35)28-20-11-7-6-10-19-12-13-22(33(19)26(20)37)25(36)29-23(18-8-4-3-5-9-18)21-16-32(2)31-30-21/h5,7-8,15-16,19-22,28-29,33-34,36-37,41,48H,3-4,6,9-14,17-18,23-27H2,1-2H3,(H,42,49)(H,43,50);3-5,8-9,16-17,19-20,22-23,27,34H,6-7,10-15H2,1-2H3,(H,28,35)(H,29,36)/t29-,33-,34-,36-,37-;17-,19-,20-,22-,23-/m00/s1. The maximum Gasteiger partial charge on any atom is 0.246 e. The number of nitrogens with one attached hydrogen (secondary N) is 6. The molecule has 4 aliphatic rings. The number of carbonyl (C=O) groups is 6. The van der Waals surface area contributed by atoms with E-state index in [1.807, 2.05) is 71.5 Å². The van der Waals surface area contributed by atoms with Crippen LogP contribution >= 0.6 is 0 Å². The highest BCUT2D eigenvalue weighted by atomic mass is 16.3. The number of carbonyl (C=O) groups excluding carboxylic acids is 6. The highest BCUT2D eigenvalue weighted by Gasteiger charge is 2.46. The van der Waals surface area contributed by atoms with E-state index in [0.717, 1.165) is 94.7 Å². The van der Waals surface area contributed by atoms with Gasteiger partial charge in [0.05, 0.1) is 49.8 Å². The van der Waals surface area contributed by atoms with Crippen molar-refractivity contribution < 1.29 is 39.0 Å². The number of aryl methyl sites for hydroxylation is 4. The summed E-state index contributed by atoms with van der Waals surface area (Å²) >= 11 is 0. The molecule has 0 unspecified atom stereocenters. The molecule has 0 radical (unpaired) electrons. The SMILES string of the molecule is CCCCCc1ccc(CCCCn2cc([C@@H](NC(=O)[C@@H]3CC[C@@H]4CCCC[C@H](NC(=O)[C@H](C)NCCO)C(=O)N43)c3ccccc3)nn2)cc1.C[C@H](NCCO)C(=O)N[C@H]1CCCC[C@H]2CC[C@@H](C(=O)N[C@@H](c3ccccc3)c3cn(C)nn3)N2C1=O. The fraction of sp³-hybridized carbons (Fsp3) is 0.576. The molecule has 4 fully saturated rings. The second-order valence-electron chi connectivity index (χ2n) is 24.1. The number of aliphatic hydroxyl groups is 2. The van der Waals surface area contributed by atoms with Crippen molar-refractivity contribution in [1.29, 1.82) is 0 Å². The number of aliphatic hydroxyl groups excluding tert-OH is 2. The number of aromatic nitrogens is 6. The van der Waals surface area contributed by atoms with Crippen molar-refractivity contribution in [3.63, 3.8) is 0 Å². The number of hydrogen-bond donors (Lipinski definition) is 8. The predicted octanol–water partition coefficient (Wildman–Crippen LogP) is 5.04. The summed E-state index contributed by atoms with van der Waals surface area (Å²) in [6, 6.07) is 23.5. The third kappa shape index (κ3) is 18.4. The highest BCUT2D eigenvalue weighted by molar-refractivity contribution is 5.95. The smallest absolute Gasteiger partial charge is 0.246 e. The normalized spacial score (nSPS) is 21.6. The zero-order chi connectivity index (χ0) is 62.4. The first-order chi connectivity index (χ1) is 42.8. The van der Waals surface area contributed by atoms with E-state index in [0.29, 0.717) is 37.1 Å². The molecule has 476 valence electrons. The van der Waals surface area contributed by atoms with Crippen LogP contribution in [-0.4, -0.2) is 160 Å². The Morgan fingerprint density at radius 1 is 0.557 bits per heavy atom. The van der Waals surface area contributed by atoms with Crippen LogP contribution in [0.3, 0.4) is 0 Å². The average molecular weight is 1210 g/mol. The Hall–Kier alpha value is -7.40. The number of rotatable bonds is 27. The van der Waals surface area contributed by atoms with Crippen LogP contribution in [0.1, 0.15) is 176 Å². The topological polar surface area (TPSA) is 283 Å². The van der Waals surface area contributed by atoms with E-state index in [2.05, 4.69) is 83.7 Å². The lowest BCUT2D eigenvalue weighted by atomic mass is 9.98. The first-order valence-corrected chi connectivity index (χ1v) is 32.2. The van der Waals surface area contributed by atoms with Crippen LogP contribution in [0, 0.1) is 0 Å². The van der Waals surface area contributed by atoms with Gasteiger partial charge in [-0.15, -0.1) is 10.2 Å². The Balaban J connectivity index is 0.000000240.